The Morgan fingerprint density at radius 2 is 2.06 bits per heavy atom. The van der Waals surface area contributed by atoms with Crippen LogP contribution in [0.4, 0.5) is 13.2 Å². The van der Waals surface area contributed by atoms with Crippen molar-refractivity contribution in [2.45, 2.75) is 6.42 Å². The molecule has 0 atom stereocenters. The van der Waals surface area contributed by atoms with Crippen LogP contribution in [0.1, 0.15) is 5.56 Å². The summed E-state index contributed by atoms with van der Waals surface area (Å²) >= 11 is 3.06. The molecule has 0 aliphatic carbocycles. The highest BCUT2D eigenvalue weighted by molar-refractivity contribution is 9.10. The molecule has 18 heavy (non-hydrogen) atoms. The maximum absolute atomic E-state index is 13.6. The number of esters is 1. The van der Waals surface area contributed by atoms with Gasteiger partial charge in [-0.3, -0.25) is 0 Å². The molecule has 0 amide bonds. The van der Waals surface area contributed by atoms with Gasteiger partial charge in [-0.2, -0.15) is 4.39 Å². The highest BCUT2D eigenvalue weighted by Gasteiger charge is 2.18. The maximum atomic E-state index is 13.6. The first kappa shape index (κ1) is 14.8. The van der Waals surface area contributed by atoms with E-state index in [-0.39, 0.29) is 28.8 Å². The van der Waals surface area contributed by atoms with Gasteiger partial charge in [0.15, 0.2) is 18.2 Å². The molecular formula is C11H10BrF3O3. The molecule has 0 aliphatic heterocycles. The number of hydrogen-bond donors (Lipinski definition) is 0. The molecule has 3 nitrogen and oxygen atoms in total. The number of benzene rings is 1. The van der Waals surface area contributed by atoms with Crippen LogP contribution in [0, 0.1) is 11.6 Å². The second-order valence-corrected chi connectivity index (χ2v) is 4.13. The summed E-state index contributed by atoms with van der Waals surface area (Å²) in [5.41, 5.74) is -0.0000387. The Bertz CT molecular complexity index is 452. The number of alkyl halides is 1. The molecule has 0 fully saturated rings. The van der Waals surface area contributed by atoms with Gasteiger partial charge in [-0.05, 0) is 6.07 Å². The standard InChI is InChI=1S/C11H10BrF3O3/c1-17-8-4-7(12)6(10(14)11(8)15)2-3-18-9(16)5-13/h4H,2-3,5H2,1H3. The van der Waals surface area contributed by atoms with Crippen molar-refractivity contribution >= 4 is 21.9 Å². The van der Waals surface area contributed by atoms with E-state index in [4.69, 9.17) is 0 Å². The molecule has 0 radical (unpaired) electrons. The predicted octanol–water partition coefficient (Wildman–Crippen LogP) is 2.79. The maximum Gasteiger partial charge on any atom is 0.337 e. The number of ether oxygens (including phenoxy) is 2. The van der Waals surface area contributed by atoms with E-state index < -0.39 is 24.3 Å². The first-order chi connectivity index (χ1) is 8.51. The fraction of sp³-hybridized carbons (Fsp3) is 0.364. The number of rotatable bonds is 5. The molecule has 0 saturated carbocycles. The minimum Gasteiger partial charge on any atom is -0.494 e. The summed E-state index contributed by atoms with van der Waals surface area (Å²) in [5, 5.41) is 0. The molecule has 0 N–H and O–H groups in total. The summed E-state index contributed by atoms with van der Waals surface area (Å²) in [6.45, 7) is -1.48. The normalized spacial score (nSPS) is 10.3. The largest absolute Gasteiger partial charge is 0.494 e. The summed E-state index contributed by atoms with van der Waals surface area (Å²) in [6, 6.07) is 1.27. The van der Waals surface area contributed by atoms with Crippen LogP contribution in [-0.2, 0) is 16.0 Å². The van der Waals surface area contributed by atoms with Crippen LogP contribution in [0.5, 0.6) is 5.75 Å². The summed E-state index contributed by atoms with van der Waals surface area (Å²) < 4.78 is 48.2. The highest BCUT2D eigenvalue weighted by atomic mass is 79.9. The van der Waals surface area contributed by atoms with Crippen molar-refractivity contribution in [1.29, 1.82) is 0 Å². The number of hydrogen-bond acceptors (Lipinski definition) is 3. The number of carbonyl (C=O) groups is 1. The third kappa shape index (κ3) is 3.38. The zero-order valence-corrected chi connectivity index (χ0v) is 11.0. The van der Waals surface area contributed by atoms with E-state index in [1.807, 2.05) is 0 Å². The van der Waals surface area contributed by atoms with Gasteiger partial charge in [0.25, 0.3) is 0 Å². The minimum atomic E-state index is -1.25. The van der Waals surface area contributed by atoms with E-state index >= 15 is 0 Å². The zero-order chi connectivity index (χ0) is 13.7. The van der Waals surface area contributed by atoms with E-state index in [0.717, 1.165) is 0 Å². The highest BCUT2D eigenvalue weighted by Crippen LogP contribution is 2.30. The Morgan fingerprint density at radius 3 is 2.61 bits per heavy atom. The second kappa shape index (κ2) is 6.63. The molecule has 100 valence electrons. The third-order valence-corrected chi connectivity index (χ3v) is 2.87. The lowest BCUT2D eigenvalue weighted by Gasteiger charge is -2.10. The molecule has 1 aromatic carbocycles. The van der Waals surface area contributed by atoms with Crippen molar-refractivity contribution in [3.63, 3.8) is 0 Å². The van der Waals surface area contributed by atoms with Gasteiger partial charge in [-0.1, -0.05) is 15.9 Å². The quantitative estimate of drug-likeness (QED) is 0.616. The molecule has 1 rings (SSSR count). The summed E-state index contributed by atoms with van der Waals surface area (Å²) in [5.74, 6) is -3.48. The molecule has 7 heteroatoms. The molecule has 0 unspecified atom stereocenters. The van der Waals surface area contributed by atoms with E-state index in [9.17, 15) is 18.0 Å². The number of methoxy groups -OCH3 is 1. The smallest absolute Gasteiger partial charge is 0.337 e. The van der Waals surface area contributed by atoms with Gasteiger partial charge in [-0.15, -0.1) is 0 Å². The molecule has 0 aromatic heterocycles. The van der Waals surface area contributed by atoms with E-state index in [2.05, 4.69) is 25.4 Å². The van der Waals surface area contributed by atoms with Gasteiger partial charge in [0.1, 0.15) is 0 Å². The van der Waals surface area contributed by atoms with E-state index in [0.29, 0.717) is 0 Å². The second-order valence-electron chi connectivity index (χ2n) is 3.27. The Kier molecular flexibility index (Phi) is 5.46. The summed E-state index contributed by atoms with van der Waals surface area (Å²) in [7, 11) is 1.22. The Labute approximate surface area is 110 Å². The first-order valence-electron chi connectivity index (χ1n) is 4.93. The summed E-state index contributed by atoms with van der Waals surface area (Å²) in [4.78, 5) is 10.5. The van der Waals surface area contributed by atoms with Crippen LogP contribution in [0.25, 0.3) is 0 Å². The van der Waals surface area contributed by atoms with Crippen molar-refractivity contribution in [3.8, 4) is 5.75 Å². The van der Waals surface area contributed by atoms with Crippen LogP contribution in [0.3, 0.4) is 0 Å². The molecule has 0 bridgehead atoms. The lowest BCUT2D eigenvalue weighted by atomic mass is 10.1. The first-order valence-corrected chi connectivity index (χ1v) is 5.72. The third-order valence-electron chi connectivity index (χ3n) is 2.16. The summed E-state index contributed by atoms with van der Waals surface area (Å²) in [6.07, 6.45) is -0.0704. The van der Waals surface area contributed by atoms with Gasteiger partial charge in [0, 0.05) is 16.5 Å². The van der Waals surface area contributed by atoms with Crippen molar-refractivity contribution in [1.82, 2.24) is 0 Å². The van der Waals surface area contributed by atoms with Gasteiger partial charge < -0.3 is 9.47 Å². The Balaban J connectivity index is 2.83. The SMILES string of the molecule is COc1cc(Br)c(CCOC(=O)CF)c(F)c1F. The predicted molar refractivity (Wildman–Crippen MR) is 61.2 cm³/mol. The van der Waals surface area contributed by atoms with Gasteiger partial charge in [0.2, 0.25) is 5.82 Å². The number of halogens is 4. The molecular weight excluding hydrogens is 317 g/mol. The van der Waals surface area contributed by atoms with Crippen molar-refractivity contribution < 1.29 is 27.4 Å². The monoisotopic (exact) mass is 326 g/mol. The average molecular weight is 327 g/mol. The molecule has 1 aromatic rings. The van der Waals surface area contributed by atoms with Crippen molar-refractivity contribution in [3.05, 3.63) is 27.7 Å². The van der Waals surface area contributed by atoms with Gasteiger partial charge in [-0.25, -0.2) is 13.6 Å². The van der Waals surface area contributed by atoms with E-state index in [1.54, 1.807) is 0 Å². The molecule has 0 saturated heterocycles. The van der Waals surface area contributed by atoms with Crippen LogP contribution in [0.2, 0.25) is 0 Å². The van der Waals surface area contributed by atoms with Crippen LogP contribution in [0.15, 0.2) is 10.5 Å². The minimum absolute atomic E-state index is 0.0000387. The topological polar surface area (TPSA) is 35.5 Å². The number of carbonyl (C=O) groups excluding carboxylic acids is 1. The van der Waals surface area contributed by atoms with Crippen molar-refractivity contribution in [2.24, 2.45) is 0 Å². The fourth-order valence-electron chi connectivity index (χ4n) is 1.29. The van der Waals surface area contributed by atoms with Crippen LogP contribution >= 0.6 is 15.9 Å². The molecule has 0 heterocycles. The van der Waals surface area contributed by atoms with E-state index in [1.165, 1.54) is 13.2 Å². The average Bonchev–Trinajstić information content (AvgIpc) is 2.37. The lowest BCUT2D eigenvalue weighted by Crippen LogP contribution is -2.10. The van der Waals surface area contributed by atoms with Gasteiger partial charge in [0.05, 0.1) is 13.7 Å². The lowest BCUT2D eigenvalue weighted by molar-refractivity contribution is -0.144. The molecule has 0 aliphatic rings. The van der Waals surface area contributed by atoms with Gasteiger partial charge >= 0.3 is 5.97 Å². The van der Waals surface area contributed by atoms with Crippen LogP contribution in [-0.4, -0.2) is 26.4 Å². The Hall–Kier alpha value is -1.24. The zero-order valence-electron chi connectivity index (χ0n) is 9.44. The van der Waals surface area contributed by atoms with Crippen LogP contribution < -0.4 is 4.74 Å². The Morgan fingerprint density at radius 1 is 1.39 bits per heavy atom. The fourth-order valence-corrected chi connectivity index (χ4v) is 1.87. The molecule has 0 spiro atoms. The van der Waals surface area contributed by atoms with Crippen molar-refractivity contribution in [2.75, 3.05) is 20.4 Å².